The molecule has 128 valence electrons. The molecule has 0 bridgehead atoms. The Labute approximate surface area is 136 Å². The summed E-state index contributed by atoms with van der Waals surface area (Å²) >= 11 is 0. The molecule has 0 radical (unpaired) electrons. The van der Waals surface area contributed by atoms with E-state index in [1.807, 2.05) is 0 Å². The molecule has 1 N–H and O–H groups in total. The molecule has 0 aliphatic rings. The molecule has 0 spiro atoms. The third kappa shape index (κ3) is 8.50. The molecule has 0 fully saturated rings. The maximum Gasteiger partial charge on any atom is 0.180 e. The zero-order valence-electron chi connectivity index (χ0n) is 15.0. The minimum absolute atomic E-state index is 0.0471. The molecular weight excluding hydrogens is 272 g/mol. The van der Waals surface area contributed by atoms with Crippen LogP contribution in [-0.4, -0.2) is 20.6 Å². The molecule has 0 unspecified atom stereocenters. The lowest BCUT2D eigenvalue weighted by Gasteiger charge is -2.19. The first kappa shape index (κ1) is 19.1. The summed E-state index contributed by atoms with van der Waals surface area (Å²) in [7, 11) is 0. The second-order valence-corrected chi connectivity index (χ2v) is 7.26. The van der Waals surface area contributed by atoms with Crippen LogP contribution in [0.15, 0.2) is 0 Å². The van der Waals surface area contributed by atoms with Crippen LogP contribution in [0.5, 0.6) is 0 Å². The molecule has 1 rings (SSSR count). The van der Waals surface area contributed by atoms with E-state index in [4.69, 9.17) is 0 Å². The van der Waals surface area contributed by atoms with Gasteiger partial charge in [0.2, 0.25) is 0 Å². The SMILES string of the molecule is CCCCCCCCCCCCCCC(C)(C)c1nn[nH]n1. The number of rotatable bonds is 14. The average molecular weight is 309 g/mol. The summed E-state index contributed by atoms with van der Waals surface area (Å²) in [6.45, 7) is 6.69. The Bertz CT molecular complexity index is 346. The molecule has 1 aromatic rings. The highest BCUT2D eigenvalue weighted by Crippen LogP contribution is 2.26. The molecule has 0 saturated heterocycles. The zero-order valence-corrected chi connectivity index (χ0v) is 15.0. The van der Waals surface area contributed by atoms with E-state index in [0.29, 0.717) is 0 Å². The van der Waals surface area contributed by atoms with Crippen molar-refractivity contribution in [2.45, 2.75) is 110 Å². The summed E-state index contributed by atoms with van der Waals surface area (Å²) in [6, 6.07) is 0. The number of hydrogen-bond acceptors (Lipinski definition) is 3. The van der Waals surface area contributed by atoms with Crippen LogP contribution in [-0.2, 0) is 5.41 Å². The van der Waals surface area contributed by atoms with Crippen molar-refractivity contribution in [2.75, 3.05) is 0 Å². The molecular formula is C18H36N4. The molecule has 4 heteroatoms. The van der Waals surface area contributed by atoms with Gasteiger partial charge in [0.1, 0.15) is 0 Å². The molecule has 0 aliphatic heterocycles. The highest BCUT2D eigenvalue weighted by Gasteiger charge is 2.24. The smallest absolute Gasteiger partial charge is 0.177 e. The van der Waals surface area contributed by atoms with E-state index in [9.17, 15) is 0 Å². The number of nitrogens with one attached hydrogen (secondary N) is 1. The first-order chi connectivity index (χ1) is 10.7. The molecule has 1 aromatic heterocycles. The second kappa shape index (κ2) is 11.6. The summed E-state index contributed by atoms with van der Waals surface area (Å²) in [4.78, 5) is 0. The van der Waals surface area contributed by atoms with Crippen LogP contribution in [0.25, 0.3) is 0 Å². The summed E-state index contributed by atoms with van der Waals surface area (Å²) in [5.74, 6) is 0.843. The van der Waals surface area contributed by atoms with Gasteiger partial charge in [-0.25, -0.2) is 0 Å². The van der Waals surface area contributed by atoms with Gasteiger partial charge < -0.3 is 0 Å². The number of aromatic nitrogens is 4. The maximum absolute atomic E-state index is 4.12. The van der Waals surface area contributed by atoms with Gasteiger partial charge in [-0.05, 0) is 6.42 Å². The van der Waals surface area contributed by atoms with Crippen molar-refractivity contribution in [1.29, 1.82) is 0 Å². The number of aromatic amines is 1. The molecule has 22 heavy (non-hydrogen) atoms. The first-order valence-electron chi connectivity index (χ1n) is 9.41. The highest BCUT2D eigenvalue weighted by atomic mass is 15.5. The standard InChI is InChI=1S/C18H36N4/c1-4-5-6-7-8-9-10-11-12-13-14-15-16-18(2,3)17-19-21-22-20-17/h4-16H2,1-3H3,(H,19,20,21,22). The van der Waals surface area contributed by atoms with Crippen molar-refractivity contribution in [3.63, 3.8) is 0 Å². The summed E-state index contributed by atoms with van der Waals surface area (Å²) in [5, 5.41) is 14.4. The number of nitrogens with zero attached hydrogens (tertiary/aromatic N) is 3. The van der Waals surface area contributed by atoms with Gasteiger partial charge in [-0.1, -0.05) is 103 Å². The Hall–Kier alpha value is -0.930. The van der Waals surface area contributed by atoms with E-state index < -0.39 is 0 Å². The predicted molar refractivity (Wildman–Crippen MR) is 92.9 cm³/mol. The van der Waals surface area contributed by atoms with Crippen LogP contribution >= 0.6 is 0 Å². The summed E-state index contributed by atoms with van der Waals surface area (Å²) in [5.41, 5.74) is 0.0471. The quantitative estimate of drug-likeness (QED) is 0.457. The van der Waals surface area contributed by atoms with Gasteiger partial charge in [0.05, 0.1) is 0 Å². The lowest BCUT2D eigenvalue weighted by Crippen LogP contribution is -2.19. The molecule has 0 aromatic carbocycles. The maximum atomic E-state index is 4.12. The van der Waals surface area contributed by atoms with Crippen molar-refractivity contribution in [3.8, 4) is 0 Å². The van der Waals surface area contributed by atoms with Crippen LogP contribution in [0.4, 0.5) is 0 Å². The fourth-order valence-electron chi connectivity index (χ4n) is 2.97. The third-order valence-electron chi connectivity index (χ3n) is 4.61. The Morgan fingerprint density at radius 1 is 0.773 bits per heavy atom. The minimum atomic E-state index is 0.0471. The first-order valence-corrected chi connectivity index (χ1v) is 9.41. The van der Waals surface area contributed by atoms with Crippen molar-refractivity contribution in [2.24, 2.45) is 0 Å². The van der Waals surface area contributed by atoms with Gasteiger partial charge in [-0.3, -0.25) is 0 Å². The lowest BCUT2D eigenvalue weighted by atomic mass is 9.86. The monoisotopic (exact) mass is 308 g/mol. The molecule has 0 aliphatic carbocycles. The van der Waals surface area contributed by atoms with Crippen molar-refractivity contribution < 1.29 is 0 Å². The van der Waals surface area contributed by atoms with Gasteiger partial charge in [0.15, 0.2) is 5.82 Å². The van der Waals surface area contributed by atoms with Gasteiger partial charge >= 0.3 is 0 Å². The minimum Gasteiger partial charge on any atom is -0.177 e. The zero-order chi connectivity index (χ0) is 16.1. The van der Waals surface area contributed by atoms with Crippen LogP contribution < -0.4 is 0 Å². The van der Waals surface area contributed by atoms with E-state index >= 15 is 0 Å². The fourth-order valence-corrected chi connectivity index (χ4v) is 2.97. The lowest BCUT2D eigenvalue weighted by molar-refractivity contribution is 0.419. The number of tetrazole rings is 1. The molecule has 0 saturated carbocycles. The van der Waals surface area contributed by atoms with Gasteiger partial charge in [-0.2, -0.15) is 5.21 Å². The molecule has 0 atom stereocenters. The van der Waals surface area contributed by atoms with Crippen molar-refractivity contribution >= 4 is 0 Å². The van der Waals surface area contributed by atoms with Crippen molar-refractivity contribution in [3.05, 3.63) is 5.82 Å². The average Bonchev–Trinajstić information content (AvgIpc) is 3.03. The summed E-state index contributed by atoms with van der Waals surface area (Å²) in [6.07, 6.45) is 17.9. The largest absolute Gasteiger partial charge is 0.180 e. The van der Waals surface area contributed by atoms with Gasteiger partial charge in [0.25, 0.3) is 0 Å². The normalized spacial score (nSPS) is 12.0. The van der Waals surface area contributed by atoms with Gasteiger partial charge in [-0.15, -0.1) is 10.2 Å². The predicted octanol–water partition coefficient (Wildman–Crippen LogP) is 5.57. The van der Waals surface area contributed by atoms with Gasteiger partial charge in [0, 0.05) is 5.41 Å². The number of hydrogen-bond donors (Lipinski definition) is 1. The second-order valence-electron chi connectivity index (χ2n) is 7.26. The van der Waals surface area contributed by atoms with E-state index in [1.165, 1.54) is 77.0 Å². The highest BCUT2D eigenvalue weighted by molar-refractivity contribution is 4.98. The van der Waals surface area contributed by atoms with Crippen LogP contribution in [0, 0.1) is 0 Å². The topological polar surface area (TPSA) is 54.5 Å². The van der Waals surface area contributed by atoms with E-state index in [1.54, 1.807) is 0 Å². The van der Waals surface area contributed by atoms with E-state index in [-0.39, 0.29) is 5.41 Å². The summed E-state index contributed by atoms with van der Waals surface area (Å²) < 4.78 is 0. The molecule has 1 heterocycles. The fraction of sp³-hybridized carbons (Fsp3) is 0.944. The van der Waals surface area contributed by atoms with Crippen LogP contribution in [0.3, 0.4) is 0 Å². The Balaban J connectivity index is 1.88. The van der Waals surface area contributed by atoms with E-state index in [0.717, 1.165) is 12.2 Å². The van der Waals surface area contributed by atoms with Crippen LogP contribution in [0.2, 0.25) is 0 Å². The Morgan fingerprint density at radius 2 is 1.27 bits per heavy atom. The number of unbranched alkanes of at least 4 members (excludes halogenated alkanes) is 11. The van der Waals surface area contributed by atoms with Crippen molar-refractivity contribution in [1.82, 2.24) is 20.6 Å². The Kier molecular flexibility index (Phi) is 10.1. The van der Waals surface area contributed by atoms with Crippen LogP contribution in [0.1, 0.15) is 110 Å². The molecule has 0 amide bonds. The Morgan fingerprint density at radius 3 is 1.73 bits per heavy atom. The third-order valence-corrected chi connectivity index (χ3v) is 4.61. The number of H-pyrrole nitrogens is 1. The molecule has 4 nitrogen and oxygen atoms in total. The van der Waals surface area contributed by atoms with E-state index in [2.05, 4.69) is 41.4 Å².